The second-order valence-corrected chi connectivity index (χ2v) is 9.50. The molecule has 2 heterocycles. The fourth-order valence-electron chi connectivity index (χ4n) is 3.02. The second-order valence-electron chi connectivity index (χ2n) is 7.53. The van der Waals surface area contributed by atoms with Crippen LogP contribution in [0.5, 0.6) is 5.75 Å². The highest BCUT2D eigenvalue weighted by Gasteiger charge is 2.47. The van der Waals surface area contributed by atoms with E-state index >= 15 is 0 Å². The van der Waals surface area contributed by atoms with E-state index in [0.717, 1.165) is 6.07 Å². The molecule has 3 rings (SSSR count). The van der Waals surface area contributed by atoms with Gasteiger partial charge in [0.25, 0.3) is 0 Å². The molecule has 4 nitrogen and oxygen atoms in total. The average molecular weight is 416 g/mol. The van der Waals surface area contributed by atoms with E-state index in [4.69, 9.17) is 4.74 Å². The largest absolute Gasteiger partial charge is 0.598 e. The van der Waals surface area contributed by atoms with Crippen molar-refractivity contribution in [1.82, 2.24) is 9.71 Å². The highest BCUT2D eigenvalue weighted by molar-refractivity contribution is 7.90. The monoisotopic (exact) mass is 416 g/mol. The van der Waals surface area contributed by atoms with Crippen molar-refractivity contribution >= 4 is 11.4 Å². The maximum absolute atomic E-state index is 14.3. The number of rotatable bonds is 3. The van der Waals surface area contributed by atoms with Gasteiger partial charge in [-0.3, -0.25) is 4.98 Å². The molecule has 0 amide bonds. The van der Waals surface area contributed by atoms with Gasteiger partial charge in [-0.05, 0) is 50.6 Å². The Morgan fingerprint density at radius 3 is 2.54 bits per heavy atom. The number of alkyl halides is 3. The Morgan fingerprint density at radius 1 is 1.21 bits per heavy atom. The van der Waals surface area contributed by atoms with Gasteiger partial charge in [-0.2, -0.15) is 13.2 Å². The Morgan fingerprint density at radius 2 is 1.93 bits per heavy atom. The van der Waals surface area contributed by atoms with Crippen LogP contribution in [0.3, 0.4) is 0 Å². The standard InChI is InChI=1S/C19H20F4N2O2S/c1-17(2,3)28(26)25-18(8-10-27-15-5-4-9-24-16(15)18)12-6-7-13(14(20)11-12)19(21,22)23/h4-7,9,11,25H,8,10H2,1-3H3/t18-,28?/m0/s1. The van der Waals surface area contributed by atoms with E-state index in [-0.39, 0.29) is 18.6 Å². The number of ether oxygens (including phenoxy) is 1. The zero-order chi connectivity index (χ0) is 20.7. The van der Waals surface area contributed by atoms with Crippen molar-refractivity contribution in [2.24, 2.45) is 0 Å². The summed E-state index contributed by atoms with van der Waals surface area (Å²) in [6.45, 7) is 5.48. The first-order chi connectivity index (χ1) is 12.9. The Kier molecular flexibility index (Phi) is 5.37. The molecule has 1 unspecified atom stereocenters. The van der Waals surface area contributed by atoms with Crippen molar-refractivity contribution in [3.8, 4) is 5.75 Å². The lowest BCUT2D eigenvalue weighted by Gasteiger charge is -2.40. The lowest BCUT2D eigenvalue weighted by atomic mass is 9.82. The molecular formula is C19H20F4N2O2S. The molecule has 2 aromatic rings. The predicted octanol–water partition coefficient (Wildman–Crippen LogP) is 4.32. The molecule has 1 N–H and O–H groups in total. The molecule has 1 aromatic carbocycles. The van der Waals surface area contributed by atoms with E-state index in [9.17, 15) is 22.1 Å². The Bertz CT molecular complexity index is 870. The van der Waals surface area contributed by atoms with Gasteiger partial charge in [0.15, 0.2) is 0 Å². The minimum Gasteiger partial charge on any atom is -0.598 e. The van der Waals surface area contributed by atoms with Crippen LogP contribution in [0.15, 0.2) is 36.5 Å². The number of nitrogens with zero attached hydrogens (tertiary/aromatic N) is 1. The number of nitrogens with one attached hydrogen (secondary N) is 1. The van der Waals surface area contributed by atoms with E-state index < -0.39 is 39.2 Å². The molecule has 2 atom stereocenters. The van der Waals surface area contributed by atoms with Crippen molar-refractivity contribution in [2.75, 3.05) is 6.61 Å². The van der Waals surface area contributed by atoms with Crippen LogP contribution < -0.4 is 9.46 Å². The molecule has 0 aliphatic carbocycles. The van der Waals surface area contributed by atoms with Gasteiger partial charge in [0.1, 0.15) is 27.5 Å². The fraction of sp³-hybridized carbons (Fsp3) is 0.421. The zero-order valence-electron chi connectivity index (χ0n) is 15.6. The number of aromatic nitrogens is 1. The number of halogens is 4. The van der Waals surface area contributed by atoms with Crippen molar-refractivity contribution in [2.45, 2.75) is 43.7 Å². The van der Waals surface area contributed by atoms with Gasteiger partial charge in [0, 0.05) is 24.0 Å². The first-order valence-corrected chi connectivity index (χ1v) is 9.75. The van der Waals surface area contributed by atoms with Gasteiger partial charge >= 0.3 is 6.18 Å². The Balaban J connectivity index is 2.18. The highest BCUT2D eigenvalue weighted by Crippen LogP contribution is 2.43. The lowest BCUT2D eigenvalue weighted by Crippen LogP contribution is -2.54. The molecule has 1 aromatic heterocycles. The highest BCUT2D eigenvalue weighted by atomic mass is 32.2. The Labute approximate surface area is 163 Å². The van der Waals surface area contributed by atoms with Crippen LogP contribution in [0.25, 0.3) is 0 Å². The summed E-state index contributed by atoms with van der Waals surface area (Å²) in [5.41, 5.74) is -2.04. The summed E-state index contributed by atoms with van der Waals surface area (Å²) in [6, 6.07) is 6.05. The average Bonchev–Trinajstić information content (AvgIpc) is 2.60. The normalized spacial score (nSPS) is 21.0. The van der Waals surface area contributed by atoms with E-state index in [2.05, 4.69) is 9.71 Å². The summed E-state index contributed by atoms with van der Waals surface area (Å²) in [4.78, 5) is 4.32. The van der Waals surface area contributed by atoms with Crippen molar-refractivity contribution in [3.63, 3.8) is 0 Å². The lowest BCUT2D eigenvalue weighted by molar-refractivity contribution is -0.140. The molecule has 152 valence electrons. The summed E-state index contributed by atoms with van der Waals surface area (Å²) in [5.74, 6) is -0.982. The maximum atomic E-state index is 14.3. The summed E-state index contributed by atoms with van der Waals surface area (Å²) < 4.78 is 74.1. The minimum atomic E-state index is -4.80. The third kappa shape index (κ3) is 3.83. The molecule has 0 saturated heterocycles. The number of pyridine rings is 1. The summed E-state index contributed by atoms with van der Waals surface area (Å²) >= 11 is -1.60. The van der Waals surface area contributed by atoms with Crippen LogP contribution in [0.2, 0.25) is 0 Å². The number of hydrogen-bond acceptors (Lipinski definition) is 4. The van der Waals surface area contributed by atoms with Crippen LogP contribution in [0.1, 0.15) is 44.0 Å². The second kappa shape index (κ2) is 7.20. The van der Waals surface area contributed by atoms with Gasteiger partial charge in [-0.25, -0.2) is 4.39 Å². The molecular weight excluding hydrogens is 396 g/mol. The summed E-state index contributed by atoms with van der Waals surface area (Å²) in [5, 5.41) is 0. The molecule has 9 heteroatoms. The molecule has 1 aliphatic heterocycles. The third-order valence-corrected chi connectivity index (χ3v) is 6.15. The van der Waals surface area contributed by atoms with E-state index in [1.165, 1.54) is 12.3 Å². The SMILES string of the molecule is CC(C)(C)[S+]([O-])N[C@]1(c2ccc(C(F)(F)F)c(F)c2)CCOc2cccnc21. The molecule has 28 heavy (non-hydrogen) atoms. The van der Waals surface area contributed by atoms with Gasteiger partial charge < -0.3 is 9.29 Å². The third-order valence-electron chi connectivity index (χ3n) is 4.50. The van der Waals surface area contributed by atoms with Crippen molar-refractivity contribution in [3.05, 3.63) is 59.2 Å². The molecule has 0 spiro atoms. The number of benzene rings is 1. The maximum Gasteiger partial charge on any atom is 0.419 e. The van der Waals surface area contributed by atoms with Gasteiger partial charge in [0.2, 0.25) is 0 Å². The van der Waals surface area contributed by atoms with Crippen molar-refractivity contribution in [1.29, 1.82) is 0 Å². The van der Waals surface area contributed by atoms with E-state index in [0.29, 0.717) is 17.5 Å². The summed E-state index contributed by atoms with van der Waals surface area (Å²) in [6.07, 6.45) is -3.07. The number of fused-ring (bicyclic) bond motifs is 1. The molecule has 0 radical (unpaired) electrons. The Hall–Kier alpha value is -1.84. The van der Waals surface area contributed by atoms with Crippen LogP contribution in [-0.4, -0.2) is 20.9 Å². The zero-order valence-corrected chi connectivity index (χ0v) is 16.4. The molecule has 0 saturated carbocycles. The van der Waals surface area contributed by atoms with E-state index in [1.807, 2.05) is 0 Å². The topological polar surface area (TPSA) is 57.2 Å². The fourth-order valence-corrected chi connectivity index (χ4v) is 3.96. The molecule has 1 aliphatic rings. The quantitative estimate of drug-likeness (QED) is 0.598. The van der Waals surface area contributed by atoms with Crippen LogP contribution in [-0.2, 0) is 23.1 Å². The van der Waals surface area contributed by atoms with Crippen LogP contribution in [0, 0.1) is 5.82 Å². The van der Waals surface area contributed by atoms with E-state index in [1.54, 1.807) is 32.9 Å². The first-order valence-electron chi connectivity index (χ1n) is 8.60. The van der Waals surface area contributed by atoms with Crippen LogP contribution >= 0.6 is 0 Å². The molecule has 0 bridgehead atoms. The van der Waals surface area contributed by atoms with Gasteiger partial charge in [0.05, 0.1) is 12.2 Å². The van der Waals surface area contributed by atoms with Gasteiger partial charge in [-0.15, -0.1) is 4.72 Å². The predicted molar refractivity (Wildman–Crippen MR) is 97.6 cm³/mol. The molecule has 0 fully saturated rings. The number of hydrogen-bond donors (Lipinski definition) is 1. The van der Waals surface area contributed by atoms with Gasteiger partial charge in [-0.1, -0.05) is 6.07 Å². The van der Waals surface area contributed by atoms with Crippen molar-refractivity contribution < 1.29 is 26.9 Å². The smallest absolute Gasteiger partial charge is 0.419 e. The van der Waals surface area contributed by atoms with Crippen LogP contribution in [0.4, 0.5) is 17.6 Å². The summed E-state index contributed by atoms with van der Waals surface area (Å²) in [7, 11) is 0. The minimum absolute atomic E-state index is 0.204. The first kappa shape index (κ1) is 20.9.